The van der Waals surface area contributed by atoms with Gasteiger partial charge in [0.1, 0.15) is 15.7 Å². The first-order chi connectivity index (χ1) is 14.5. The largest absolute Gasteiger partial charge is 0.369 e. The highest BCUT2D eigenvalue weighted by molar-refractivity contribution is 7.17. The molecule has 156 valence electrons. The highest BCUT2D eigenvalue weighted by atomic mass is 32.1. The number of hydrogen-bond donors (Lipinski definition) is 1. The smallest absolute Gasteiger partial charge is 0.267 e. The second-order valence-electron chi connectivity index (χ2n) is 7.36. The summed E-state index contributed by atoms with van der Waals surface area (Å²) in [7, 11) is 0. The Kier molecular flexibility index (Phi) is 6.11. The van der Waals surface area contributed by atoms with E-state index >= 15 is 0 Å². The van der Waals surface area contributed by atoms with Crippen LogP contribution in [0.3, 0.4) is 0 Å². The minimum Gasteiger partial charge on any atom is -0.369 e. The second-order valence-corrected chi connectivity index (χ2v) is 8.36. The zero-order valence-corrected chi connectivity index (χ0v) is 18.0. The summed E-state index contributed by atoms with van der Waals surface area (Å²) in [6, 6.07) is 14.1. The number of aryl methyl sites for hydroxylation is 1. The Labute approximate surface area is 180 Å². The van der Waals surface area contributed by atoms with E-state index in [0.717, 1.165) is 44.0 Å². The maximum atomic E-state index is 13.2. The Morgan fingerprint density at radius 3 is 2.37 bits per heavy atom. The first-order valence-corrected chi connectivity index (χ1v) is 11.0. The van der Waals surface area contributed by atoms with Crippen molar-refractivity contribution in [3.05, 3.63) is 64.9 Å². The molecule has 0 bridgehead atoms. The van der Waals surface area contributed by atoms with Crippen molar-refractivity contribution in [1.29, 1.82) is 0 Å². The number of piperazine rings is 1. The van der Waals surface area contributed by atoms with Gasteiger partial charge in [0.2, 0.25) is 0 Å². The molecule has 5 nitrogen and oxygen atoms in total. The lowest BCUT2D eigenvalue weighted by molar-refractivity contribution is 0.103. The molecule has 7 heteroatoms. The summed E-state index contributed by atoms with van der Waals surface area (Å²) in [5.41, 5.74) is 3.40. The zero-order chi connectivity index (χ0) is 21.1. The fraction of sp³-hybridized carbons (Fsp3) is 0.304. The first kappa shape index (κ1) is 20.5. The summed E-state index contributed by atoms with van der Waals surface area (Å²) in [6.07, 6.45) is 0. The van der Waals surface area contributed by atoms with Crippen molar-refractivity contribution in [3.8, 4) is 10.6 Å². The van der Waals surface area contributed by atoms with Crippen molar-refractivity contribution in [2.24, 2.45) is 0 Å². The van der Waals surface area contributed by atoms with E-state index in [9.17, 15) is 9.18 Å². The lowest BCUT2D eigenvalue weighted by Crippen LogP contribution is -2.46. The van der Waals surface area contributed by atoms with Crippen LogP contribution in [0.15, 0.2) is 48.5 Å². The van der Waals surface area contributed by atoms with Crippen molar-refractivity contribution >= 4 is 28.6 Å². The van der Waals surface area contributed by atoms with E-state index < -0.39 is 0 Å². The van der Waals surface area contributed by atoms with E-state index in [4.69, 9.17) is 0 Å². The lowest BCUT2D eigenvalue weighted by atomic mass is 10.2. The van der Waals surface area contributed by atoms with Gasteiger partial charge in [-0.3, -0.25) is 4.79 Å². The Balaban J connectivity index is 1.42. The predicted octanol–water partition coefficient (Wildman–Crippen LogP) is 4.65. The quantitative estimate of drug-likeness (QED) is 0.648. The Hall–Kier alpha value is -2.77. The van der Waals surface area contributed by atoms with Crippen LogP contribution in [-0.4, -0.2) is 48.5 Å². The molecule has 0 aliphatic carbocycles. The molecule has 2 aromatic carbocycles. The van der Waals surface area contributed by atoms with E-state index in [0.29, 0.717) is 15.6 Å². The van der Waals surface area contributed by atoms with Gasteiger partial charge in [0.25, 0.3) is 5.91 Å². The van der Waals surface area contributed by atoms with Crippen molar-refractivity contribution < 1.29 is 9.18 Å². The predicted molar refractivity (Wildman–Crippen MR) is 121 cm³/mol. The Bertz CT molecular complexity index is 1010. The van der Waals surface area contributed by atoms with Gasteiger partial charge in [0.15, 0.2) is 0 Å². The minimum atomic E-state index is -0.291. The van der Waals surface area contributed by atoms with Gasteiger partial charge in [-0.1, -0.05) is 6.92 Å². The summed E-state index contributed by atoms with van der Waals surface area (Å²) >= 11 is 1.32. The fourth-order valence-corrected chi connectivity index (χ4v) is 4.56. The number of nitrogens with one attached hydrogen (secondary N) is 1. The maximum Gasteiger partial charge on any atom is 0.267 e. The summed E-state index contributed by atoms with van der Waals surface area (Å²) in [4.78, 5) is 22.6. The summed E-state index contributed by atoms with van der Waals surface area (Å²) in [5.74, 6) is -0.469. The maximum absolute atomic E-state index is 13.2. The van der Waals surface area contributed by atoms with Crippen molar-refractivity contribution in [2.75, 3.05) is 42.9 Å². The van der Waals surface area contributed by atoms with Crippen LogP contribution >= 0.6 is 11.3 Å². The van der Waals surface area contributed by atoms with Crippen LogP contribution in [-0.2, 0) is 0 Å². The number of anilines is 2. The SMILES string of the molecule is CCN1CCN(c2ccc(NC(=O)c3sc(-c4ccc(F)cc4)nc3C)cc2)CC1. The van der Waals surface area contributed by atoms with Crippen LogP contribution in [0.4, 0.5) is 15.8 Å². The van der Waals surface area contributed by atoms with Crippen LogP contribution in [0.2, 0.25) is 0 Å². The molecular weight excluding hydrogens is 399 g/mol. The third-order valence-electron chi connectivity index (χ3n) is 5.40. The molecule has 0 spiro atoms. The number of hydrogen-bond acceptors (Lipinski definition) is 5. The number of carbonyl (C=O) groups excluding carboxylic acids is 1. The molecule has 0 atom stereocenters. The molecular formula is C23H25FN4OS. The first-order valence-electron chi connectivity index (χ1n) is 10.2. The third-order valence-corrected chi connectivity index (χ3v) is 6.61. The lowest BCUT2D eigenvalue weighted by Gasteiger charge is -2.35. The number of likely N-dealkylation sites (N-methyl/N-ethyl adjacent to an activating group) is 1. The van der Waals surface area contributed by atoms with Crippen molar-refractivity contribution in [2.45, 2.75) is 13.8 Å². The average Bonchev–Trinajstić information content (AvgIpc) is 3.16. The number of amides is 1. The van der Waals surface area contributed by atoms with E-state index in [1.54, 1.807) is 12.1 Å². The fourth-order valence-electron chi connectivity index (χ4n) is 3.59. The molecule has 1 aliphatic rings. The highest BCUT2D eigenvalue weighted by Crippen LogP contribution is 2.29. The number of nitrogens with zero attached hydrogens (tertiary/aromatic N) is 3. The van der Waals surface area contributed by atoms with Crippen molar-refractivity contribution in [1.82, 2.24) is 9.88 Å². The second kappa shape index (κ2) is 8.93. The van der Waals surface area contributed by atoms with Crippen LogP contribution in [0, 0.1) is 12.7 Å². The molecule has 30 heavy (non-hydrogen) atoms. The molecule has 0 radical (unpaired) electrons. The van der Waals surface area contributed by atoms with E-state index in [-0.39, 0.29) is 11.7 Å². The normalized spacial score (nSPS) is 14.7. The minimum absolute atomic E-state index is 0.178. The summed E-state index contributed by atoms with van der Waals surface area (Å²) in [5, 5.41) is 3.67. The summed E-state index contributed by atoms with van der Waals surface area (Å²) in [6.45, 7) is 9.31. The van der Waals surface area contributed by atoms with Gasteiger partial charge >= 0.3 is 0 Å². The Morgan fingerprint density at radius 2 is 1.73 bits per heavy atom. The van der Waals surface area contributed by atoms with Crippen LogP contribution in [0.5, 0.6) is 0 Å². The molecule has 0 unspecified atom stereocenters. The number of halogens is 1. The van der Waals surface area contributed by atoms with E-state index in [1.165, 1.54) is 29.2 Å². The topological polar surface area (TPSA) is 48.5 Å². The highest BCUT2D eigenvalue weighted by Gasteiger charge is 2.18. The molecule has 1 fully saturated rings. The molecule has 1 saturated heterocycles. The van der Waals surface area contributed by atoms with Gasteiger partial charge in [-0.25, -0.2) is 9.37 Å². The summed E-state index contributed by atoms with van der Waals surface area (Å²) < 4.78 is 13.2. The molecule has 2 heterocycles. The zero-order valence-electron chi connectivity index (χ0n) is 17.2. The van der Waals surface area contributed by atoms with E-state index in [2.05, 4.69) is 39.2 Å². The number of benzene rings is 2. The third kappa shape index (κ3) is 4.52. The van der Waals surface area contributed by atoms with E-state index in [1.807, 2.05) is 19.1 Å². The van der Waals surface area contributed by atoms with Crippen LogP contribution < -0.4 is 10.2 Å². The molecule has 4 rings (SSSR count). The molecule has 1 aromatic heterocycles. The van der Waals surface area contributed by atoms with Crippen LogP contribution in [0.25, 0.3) is 10.6 Å². The molecule has 0 saturated carbocycles. The van der Waals surface area contributed by atoms with Gasteiger partial charge in [-0.05, 0) is 62.0 Å². The number of carbonyl (C=O) groups is 1. The molecule has 3 aromatic rings. The van der Waals surface area contributed by atoms with Gasteiger partial charge < -0.3 is 15.1 Å². The molecule has 1 amide bonds. The van der Waals surface area contributed by atoms with Crippen molar-refractivity contribution in [3.63, 3.8) is 0 Å². The molecule has 1 N–H and O–H groups in total. The standard InChI is InChI=1S/C23H25FN4OS/c1-3-27-12-14-28(15-13-27)20-10-8-19(9-11-20)26-22(29)21-16(2)25-23(30-21)17-4-6-18(24)7-5-17/h4-11H,3,12-15H2,1-2H3,(H,26,29). The molecule has 1 aliphatic heterocycles. The van der Waals surface area contributed by atoms with Gasteiger partial charge in [-0.2, -0.15) is 0 Å². The van der Waals surface area contributed by atoms with Crippen LogP contribution in [0.1, 0.15) is 22.3 Å². The van der Waals surface area contributed by atoms with Gasteiger partial charge in [0, 0.05) is 43.1 Å². The Morgan fingerprint density at radius 1 is 1.07 bits per heavy atom. The number of rotatable bonds is 5. The monoisotopic (exact) mass is 424 g/mol. The van der Waals surface area contributed by atoms with Gasteiger partial charge in [-0.15, -0.1) is 11.3 Å². The number of thiazole rings is 1. The average molecular weight is 425 g/mol. The number of aromatic nitrogens is 1. The van der Waals surface area contributed by atoms with Gasteiger partial charge in [0.05, 0.1) is 5.69 Å².